The van der Waals surface area contributed by atoms with Gasteiger partial charge in [-0.25, -0.2) is 0 Å². The lowest BCUT2D eigenvalue weighted by Gasteiger charge is -2.01. The van der Waals surface area contributed by atoms with Crippen LogP contribution < -0.4 is 0 Å². The predicted octanol–water partition coefficient (Wildman–Crippen LogP) is 1.89. The Morgan fingerprint density at radius 1 is 1.23 bits per heavy atom. The van der Waals surface area contributed by atoms with Crippen LogP contribution in [0.5, 0.6) is 0 Å². The topological polar surface area (TPSA) is 25.7 Å². The first-order chi connectivity index (χ1) is 6.42. The van der Waals surface area contributed by atoms with E-state index >= 15 is 0 Å². The summed E-state index contributed by atoms with van der Waals surface area (Å²) in [6.07, 6.45) is 1.82. The molecule has 0 aliphatic carbocycles. The SMILES string of the molecule is C[OH+]Cc1cccc2cccnc12. The molecule has 13 heavy (non-hydrogen) atoms. The summed E-state index contributed by atoms with van der Waals surface area (Å²) in [5.41, 5.74) is 2.26. The standard InChI is InChI=1S/C11H11NO/c1-13-8-10-5-2-4-9-6-3-7-12-11(9)10/h2-7H,8H2,1H3/p+1. The van der Waals surface area contributed by atoms with E-state index in [1.807, 2.05) is 25.4 Å². The number of nitrogens with zero attached hydrogens (tertiary/aromatic N) is 1. The molecule has 0 aliphatic rings. The van der Waals surface area contributed by atoms with Gasteiger partial charge in [-0.3, -0.25) is 4.98 Å². The van der Waals surface area contributed by atoms with Crippen molar-refractivity contribution in [2.24, 2.45) is 0 Å². The number of hydrogen-bond acceptors (Lipinski definition) is 1. The normalized spacial score (nSPS) is 10.5. The van der Waals surface area contributed by atoms with Crippen LogP contribution in [0, 0.1) is 0 Å². The Morgan fingerprint density at radius 2 is 2.08 bits per heavy atom. The number of aliphatic hydroxyl groups is 2. The average Bonchev–Trinajstić information content (AvgIpc) is 2.19. The lowest BCUT2D eigenvalue weighted by atomic mass is 10.1. The van der Waals surface area contributed by atoms with E-state index in [4.69, 9.17) is 0 Å². The fourth-order valence-electron chi connectivity index (χ4n) is 1.47. The fraction of sp³-hybridized carbons (Fsp3) is 0.182. The maximum Gasteiger partial charge on any atom is 0.173 e. The molecular formula is C11H12NO+. The molecule has 0 radical (unpaired) electrons. The van der Waals surface area contributed by atoms with Crippen molar-refractivity contribution in [2.75, 3.05) is 7.11 Å². The molecule has 66 valence electrons. The second kappa shape index (κ2) is 3.54. The van der Waals surface area contributed by atoms with Crippen LogP contribution in [0.25, 0.3) is 10.9 Å². The number of rotatable bonds is 2. The molecule has 0 unspecified atom stereocenters. The van der Waals surface area contributed by atoms with E-state index in [2.05, 4.69) is 27.9 Å². The molecule has 0 aliphatic heterocycles. The number of fused-ring (bicyclic) bond motifs is 1. The molecule has 1 heterocycles. The number of benzene rings is 1. The van der Waals surface area contributed by atoms with Crippen LogP contribution in [0.15, 0.2) is 36.5 Å². The first-order valence-corrected chi connectivity index (χ1v) is 4.30. The minimum atomic E-state index is 0.744. The minimum Gasteiger partial charge on any atom is -0.432 e. The van der Waals surface area contributed by atoms with Gasteiger partial charge in [0.2, 0.25) is 0 Å². The molecule has 0 amide bonds. The second-order valence-corrected chi connectivity index (χ2v) is 2.97. The van der Waals surface area contributed by atoms with Crippen LogP contribution in [0.2, 0.25) is 0 Å². The molecule has 1 aromatic heterocycles. The highest BCUT2D eigenvalue weighted by atomic mass is 16.5. The summed E-state index contributed by atoms with van der Waals surface area (Å²) in [6.45, 7) is 0.744. The number of para-hydroxylation sites is 1. The molecule has 0 saturated carbocycles. The monoisotopic (exact) mass is 174 g/mol. The third-order valence-electron chi connectivity index (χ3n) is 2.04. The van der Waals surface area contributed by atoms with Gasteiger partial charge in [-0.2, -0.15) is 0 Å². The summed E-state index contributed by atoms with van der Waals surface area (Å²) in [4.78, 5) is 4.34. The van der Waals surface area contributed by atoms with E-state index in [0.29, 0.717) is 0 Å². The van der Waals surface area contributed by atoms with Gasteiger partial charge in [-0.15, -0.1) is 0 Å². The zero-order chi connectivity index (χ0) is 9.10. The summed E-state index contributed by atoms with van der Waals surface area (Å²) in [7, 11) is 1.82. The van der Waals surface area contributed by atoms with Crippen LogP contribution in [-0.4, -0.2) is 16.8 Å². The van der Waals surface area contributed by atoms with Crippen molar-refractivity contribution < 1.29 is 4.74 Å². The molecule has 1 aromatic carbocycles. The van der Waals surface area contributed by atoms with Gasteiger partial charge in [0.25, 0.3) is 0 Å². The Morgan fingerprint density at radius 3 is 2.92 bits per heavy atom. The Kier molecular flexibility index (Phi) is 2.23. The first kappa shape index (κ1) is 8.20. The predicted molar refractivity (Wildman–Crippen MR) is 53.6 cm³/mol. The average molecular weight is 174 g/mol. The zero-order valence-electron chi connectivity index (χ0n) is 7.57. The molecule has 2 heteroatoms. The summed E-state index contributed by atoms with van der Waals surface area (Å²) in [5, 5.41) is 1.18. The number of pyridine rings is 1. The van der Waals surface area contributed by atoms with Gasteiger partial charge in [0, 0.05) is 11.6 Å². The molecule has 2 aromatic rings. The Labute approximate surface area is 77.2 Å². The molecule has 2 nitrogen and oxygen atoms in total. The van der Waals surface area contributed by atoms with Crippen molar-refractivity contribution >= 4 is 10.9 Å². The van der Waals surface area contributed by atoms with Crippen LogP contribution in [0.1, 0.15) is 5.56 Å². The molecule has 0 fully saturated rings. The van der Waals surface area contributed by atoms with Gasteiger partial charge in [-0.05, 0) is 12.1 Å². The molecule has 1 N–H and O–H groups in total. The smallest absolute Gasteiger partial charge is 0.173 e. The highest BCUT2D eigenvalue weighted by Gasteiger charge is 2.01. The van der Waals surface area contributed by atoms with Crippen LogP contribution in [0.4, 0.5) is 0 Å². The summed E-state index contributed by atoms with van der Waals surface area (Å²) < 4.78 is 4.12. The van der Waals surface area contributed by atoms with Gasteiger partial charge in [0.15, 0.2) is 6.61 Å². The van der Waals surface area contributed by atoms with E-state index in [-0.39, 0.29) is 0 Å². The Balaban J connectivity index is 2.61. The summed E-state index contributed by atoms with van der Waals surface area (Å²) in [6, 6.07) is 10.2. The summed E-state index contributed by atoms with van der Waals surface area (Å²) in [5.74, 6) is 0. The molecule has 0 atom stereocenters. The number of aromatic nitrogens is 1. The first-order valence-electron chi connectivity index (χ1n) is 4.30. The van der Waals surface area contributed by atoms with Crippen LogP contribution >= 0.6 is 0 Å². The zero-order valence-corrected chi connectivity index (χ0v) is 7.57. The Bertz CT molecular complexity index is 406. The highest BCUT2D eigenvalue weighted by molar-refractivity contribution is 5.81. The van der Waals surface area contributed by atoms with E-state index in [9.17, 15) is 0 Å². The lowest BCUT2D eigenvalue weighted by molar-refractivity contribution is -0.000185. The van der Waals surface area contributed by atoms with E-state index in [1.54, 1.807) is 0 Å². The van der Waals surface area contributed by atoms with Crippen molar-refractivity contribution in [1.29, 1.82) is 0 Å². The molecule has 0 saturated heterocycles. The van der Waals surface area contributed by atoms with Gasteiger partial charge in [0.05, 0.1) is 11.1 Å². The summed E-state index contributed by atoms with van der Waals surface area (Å²) >= 11 is 0. The van der Waals surface area contributed by atoms with E-state index in [1.165, 1.54) is 10.9 Å². The molecular weight excluding hydrogens is 162 g/mol. The second-order valence-electron chi connectivity index (χ2n) is 2.97. The third-order valence-corrected chi connectivity index (χ3v) is 2.04. The Hall–Kier alpha value is -1.41. The van der Waals surface area contributed by atoms with Gasteiger partial charge in [0.1, 0.15) is 7.11 Å². The molecule has 0 bridgehead atoms. The van der Waals surface area contributed by atoms with Gasteiger partial charge in [-0.1, -0.05) is 18.2 Å². The molecule has 2 rings (SSSR count). The lowest BCUT2D eigenvalue weighted by Crippen LogP contribution is -1.93. The van der Waals surface area contributed by atoms with Gasteiger partial charge < -0.3 is 4.74 Å². The maximum atomic E-state index is 4.34. The largest absolute Gasteiger partial charge is 0.432 e. The number of hydrogen-bond donors (Lipinski definition) is 0. The highest BCUT2D eigenvalue weighted by Crippen LogP contribution is 2.15. The van der Waals surface area contributed by atoms with Crippen LogP contribution in [0.3, 0.4) is 0 Å². The van der Waals surface area contributed by atoms with Crippen molar-refractivity contribution in [3.63, 3.8) is 0 Å². The van der Waals surface area contributed by atoms with Crippen LogP contribution in [-0.2, 0) is 6.61 Å². The van der Waals surface area contributed by atoms with Gasteiger partial charge >= 0.3 is 0 Å². The van der Waals surface area contributed by atoms with Crippen molar-refractivity contribution in [3.8, 4) is 0 Å². The van der Waals surface area contributed by atoms with E-state index in [0.717, 1.165) is 12.1 Å². The van der Waals surface area contributed by atoms with Crippen molar-refractivity contribution in [1.82, 2.24) is 4.98 Å². The number of ether oxygens (including phenoxy) is 1. The maximum absolute atomic E-state index is 4.34. The molecule has 0 spiro atoms. The quantitative estimate of drug-likeness (QED) is 0.638. The minimum absolute atomic E-state index is 0.744. The van der Waals surface area contributed by atoms with E-state index < -0.39 is 0 Å². The third kappa shape index (κ3) is 1.53. The van der Waals surface area contributed by atoms with Crippen molar-refractivity contribution in [2.45, 2.75) is 6.61 Å². The van der Waals surface area contributed by atoms with Crippen molar-refractivity contribution in [3.05, 3.63) is 42.1 Å². The fourth-order valence-corrected chi connectivity index (χ4v) is 1.47.